The zero-order valence-electron chi connectivity index (χ0n) is 9.11. The summed E-state index contributed by atoms with van der Waals surface area (Å²) in [5.41, 5.74) is 6.83. The standard InChI is InChI=1S/C8H13N7S/c1-14-5-6(4-10-14)7(3-9)16-8-11-12-13-15(8)2/h4-5,7H,3,9H2,1-2H3. The van der Waals surface area contributed by atoms with Gasteiger partial charge in [0.05, 0.1) is 11.4 Å². The summed E-state index contributed by atoms with van der Waals surface area (Å²) >= 11 is 1.54. The Morgan fingerprint density at radius 2 is 2.31 bits per heavy atom. The highest BCUT2D eigenvalue weighted by Gasteiger charge is 2.16. The van der Waals surface area contributed by atoms with Crippen LogP contribution in [0.4, 0.5) is 0 Å². The lowest BCUT2D eigenvalue weighted by Crippen LogP contribution is -2.10. The number of rotatable bonds is 4. The second-order valence-electron chi connectivity index (χ2n) is 3.37. The summed E-state index contributed by atoms with van der Waals surface area (Å²) in [6, 6.07) is 0. The first kappa shape index (κ1) is 11.1. The van der Waals surface area contributed by atoms with E-state index in [0.29, 0.717) is 6.54 Å². The highest BCUT2D eigenvalue weighted by atomic mass is 32.2. The number of aromatic nitrogens is 6. The third-order valence-corrected chi connectivity index (χ3v) is 3.45. The van der Waals surface area contributed by atoms with Crippen molar-refractivity contribution < 1.29 is 0 Å². The fourth-order valence-electron chi connectivity index (χ4n) is 1.31. The van der Waals surface area contributed by atoms with Crippen LogP contribution in [0.2, 0.25) is 0 Å². The third-order valence-electron chi connectivity index (χ3n) is 2.14. The van der Waals surface area contributed by atoms with Gasteiger partial charge < -0.3 is 5.73 Å². The molecule has 0 aromatic carbocycles. The smallest absolute Gasteiger partial charge is 0.209 e. The zero-order chi connectivity index (χ0) is 11.5. The maximum atomic E-state index is 5.74. The van der Waals surface area contributed by atoms with Gasteiger partial charge >= 0.3 is 0 Å². The van der Waals surface area contributed by atoms with E-state index in [-0.39, 0.29) is 5.25 Å². The lowest BCUT2D eigenvalue weighted by atomic mass is 10.2. The molecule has 0 saturated carbocycles. The van der Waals surface area contributed by atoms with E-state index in [9.17, 15) is 0 Å². The molecule has 0 radical (unpaired) electrons. The number of hydrogen-bond donors (Lipinski definition) is 1. The summed E-state index contributed by atoms with van der Waals surface area (Å²) in [5, 5.41) is 16.3. The number of nitrogens with two attached hydrogens (primary N) is 1. The van der Waals surface area contributed by atoms with Crippen molar-refractivity contribution in [3.05, 3.63) is 18.0 Å². The number of nitrogens with zero attached hydrogens (tertiary/aromatic N) is 6. The quantitative estimate of drug-likeness (QED) is 0.739. The van der Waals surface area contributed by atoms with Gasteiger partial charge in [0.25, 0.3) is 0 Å². The largest absolute Gasteiger partial charge is 0.329 e. The van der Waals surface area contributed by atoms with Crippen molar-refractivity contribution in [2.45, 2.75) is 10.4 Å². The van der Waals surface area contributed by atoms with E-state index in [1.165, 1.54) is 11.8 Å². The minimum atomic E-state index is 0.124. The van der Waals surface area contributed by atoms with Crippen molar-refractivity contribution >= 4 is 11.8 Å². The first-order chi connectivity index (χ1) is 7.70. The second kappa shape index (κ2) is 4.62. The summed E-state index contributed by atoms with van der Waals surface area (Å²) in [5.74, 6) is 0. The van der Waals surface area contributed by atoms with Gasteiger partial charge in [0.1, 0.15) is 0 Å². The number of thioether (sulfide) groups is 1. The third kappa shape index (κ3) is 2.22. The molecule has 86 valence electrons. The molecule has 2 heterocycles. The van der Waals surface area contributed by atoms with Crippen molar-refractivity contribution in [1.82, 2.24) is 30.0 Å². The van der Waals surface area contributed by atoms with Crippen LogP contribution < -0.4 is 5.73 Å². The highest BCUT2D eigenvalue weighted by Crippen LogP contribution is 2.31. The average Bonchev–Trinajstić information content (AvgIpc) is 2.85. The monoisotopic (exact) mass is 239 g/mol. The second-order valence-corrected chi connectivity index (χ2v) is 4.54. The molecule has 0 bridgehead atoms. The summed E-state index contributed by atoms with van der Waals surface area (Å²) in [4.78, 5) is 0. The van der Waals surface area contributed by atoms with Gasteiger partial charge in [-0.15, -0.1) is 5.10 Å². The number of tetrazole rings is 1. The fraction of sp³-hybridized carbons (Fsp3) is 0.500. The molecule has 0 aliphatic heterocycles. The molecule has 2 N–H and O–H groups in total. The Hall–Kier alpha value is -1.41. The molecule has 0 spiro atoms. The Kier molecular flexibility index (Phi) is 3.20. The molecule has 2 aromatic rings. The summed E-state index contributed by atoms with van der Waals surface area (Å²) in [6.07, 6.45) is 3.77. The summed E-state index contributed by atoms with van der Waals surface area (Å²) in [6.45, 7) is 0.517. The fourth-order valence-corrected chi connectivity index (χ4v) is 2.19. The van der Waals surface area contributed by atoms with Crippen LogP contribution in [0.3, 0.4) is 0 Å². The van der Waals surface area contributed by atoms with Crippen molar-refractivity contribution in [1.29, 1.82) is 0 Å². The minimum absolute atomic E-state index is 0.124. The SMILES string of the molecule is Cn1cc(C(CN)Sc2nnnn2C)cn1. The van der Waals surface area contributed by atoms with E-state index in [4.69, 9.17) is 5.73 Å². The highest BCUT2D eigenvalue weighted by molar-refractivity contribution is 7.99. The van der Waals surface area contributed by atoms with Gasteiger partial charge in [0.2, 0.25) is 5.16 Å². The first-order valence-corrected chi connectivity index (χ1v) is 5.66. The van der Waals surface area contributed by atoms with Crippen LogP contribution in [0.1, 0.15) is 10.8 Å². The molecule has 0 aliphatic rings. The van der Waals surface area contributed by atoms with E-state index in [1.54, 1.807) is 16.4 Å². The lowest BCUT2D eigenvalue weighted by Gasteiger charge is -2.10. The van der Waals surface area contributed by atoms with Crippen LogP contribution in [0, 0.1) is 0 Å². The molecule has 1 unspecified atom stereocenters. The Balaban J connectivity index is 2.15. The van der Waals surface area contributed by atoms with Crippen LogP contribution in [0.15, 0.2) is 17.6 Å². The van der Waals surface area contributed by atoms with Gasteiger partial charge in [0, 0.05) is 32.4 Å². The lowest BCUT2D eigenvalue weighted by molar-refractivity contribution is 0.663. The molecule has 2 rings (SSSR count). The topological polar surface area (TPSA) is 87.4 Å². The Morgan fingerprint density at radius 1 is 1.50 bits per heavy atom. The van der Waals surface area contributed by atoms with Gasteiger partial charge in [0.15, 0.2) is 0 Å². The zero-order valence-corrected chi connectivity index (χ0v) is 9.92. The van der Waals surface area contributed by atoms with Crippen LogP contribution >= 0.6 is 11.8 Å². The van der Waals surface area contributed by atoms with E-state index in [0.717, 1.165) is 10.7 Å². The molecule has 0 aliphatic carbocycles. The van der Waals surface area contributed by atoms with Gasteiger partial charge in [-0.1, -0.05) is 11.8 Å². The summed E-state index contributed by atoms with van der Waals surface area (Å²) in [7, 11) is 3.69. The van der Waals surface area contributed by atoms with E-state index in [1.807, 2.05) is 19.4 Å². The van der Waals surface area contributed by atoms with Crippen LogP contribution in [0.5, 0.6) is 0 Å². The Morgan fingerprint density at radius 3 is 2.81 bits per heavy atom. The molecule has 2 aromatic heterocycles. The predicted octanol–water partition coefficient (Wildman–Crippen LogP) is -0.264. The van der Waals surface area contributed by atoms with Gasteiger partial charge in [-0.3, -0.25) is 4.68 Å². The van der Waals surface area contributed by atoms with Crippen LogP contribution in [0.25, 0.3) is 0 Å². The number of hydrogen-bond acceptors (Lipinski definition) is 6. The molecular formula is C8H13N7S. The molecule has 7 nitrogen and oxygen atoms in total. The molecule has 16 heavy (non-hydrogen) atoms. The van der Waals surface area contributed by atoms with Crippen molar-refractivity contribution in [2.75, 3.05) is 6.54 Å². The molecule has 0 saturated heterocycles. The predicted molar refractivity (Wildman–Crippen MR) is 59.7 cm³/mol. The molecule has 8 heteroatoms. The van der Waals surface area contributed by atoms with Crippen LogP contribution in [-0.4, -0.2) is 36.5 Å². The van der Waals surface area contributed by atoms with E-state index in [2.05, 4.69) is 20.6 Å². The number of aryl methyl sites for hydroxylation is 2. The Labute approximate surface area is 97.0 Å². The van der Waals surface area contributed by atoms with E-state index < -0.39 is 0 Å². The maximum absolute atomic E-state index is 5.74. The van der Waals surface area contributed by atoms with Gasteiger partial charge in [-0.25, -0.2) is 4.68 Å². The normalized spacial score (nSPS) is 12.9. The van der Waals surface area contributed by atoms with Gasteiger partial charge in [-0.05, 0) is 10.4 Å². The van der Waals surface area contributed by atoms with E-state index >= 15 is 0 Å². The average molecular weight is 239 g/mol. The van der Waals surface area contributed by atoms with Crippen molar-refractivity contribution in [3.63, 3.8) is 0 Å². The first-order valence-electron chi connectivity index (χ1n) is 4.78. The summed E-state index contributed by atoms with van der Waals surface area (Å²) < 4.78 is 3.39. The molecular weight excluding hydrogens is 226 g/mol. The minimum Gasteiger partial charge on any atom is -0.329 e. The molecule has 0 fully saturated rings. The van der Waals surface area contributed by atoms with Crippen LogP contribution in [-0.2, 0) is 14.1 Å². The Bertz CT molecular complexity index is 462. The van der Waals surface area contributed by atoms with Crippen molar-refractivity contribution in [2.24, 2.45) is 19.8 Å². The van der Waals surface area contributed by atoms with Crippen molar-refractivity contribution in [3.8, 4) is 0 Å². The van der Waals surface area contributed by atoms with Gasteiger partial charge in [-0.2, -0.15) is 5.10 Å². The maximum Gasteiger partial charge on any atom is 0.209 e. The molecule has 1 atom stereocenters. The molecule has 0 amide bonds.